The average molecular weight is 239 g/mol. The molecular formula is C10H13N3O2S. The normalized spacial score (nSPS) is 17.1. The summed E-state index contributed by atoms with van der Waals surface area (Å²) >= 11 is 1.56. The molecule has 0 unspecified atom stereocenters. The molecule has 2 rings (SSSR count). The minimum absolute atomic E-state index is 0.214. The number of aromatic nitrogens is 2. The third kappa shape index (κ3) is 2.33. The Labute approximate surface area is 97.9 Å². The van der Waals surface area contributed by atoms with Gasteiger partial charge in [0.1, 0.15) is 5.03 Å². The molecule has 86 valence electrons. The van der Waals surface area contributed by atoms with Crippen molar-refractivity contribution < 1.29 is 9.90 Å². The molecule has 2 heterocycles. The quantitative estimate of drug-likeness (QED) is 0.781. The lowest BCUT2D eigenvalue weighted by Crippen LogP contribution is -2.49. The highest BCUT2D eigenvalue weighted by molar-refractivity contribution is 7.98. The molecule has 1 aliphatic rings. The fourth-order valence-electron chi connectivity index (χ4n) is 1.70. The standard InChI is InChI=1S/C10H13N3O2S/c1-16-9-8(11-2-3-12-9)6-13-4-7(5-13)10(14)15/h2-3,7H,4-6H2,1H3,(H,14,15). The summed E-state index contributed by atoms with van der Waals surface area (Å²) in [7, 11) is 0. The first-order chi connectivity index (χ1) is 7.70. The van der Waals surface area contributed by atoms with E-state index in [2.05, 4.69) is 14.9 Å². The summed E-state index contributed by atoms with van der Waals surface area (Å²) in [4.78, 5) is 21.2. The van der Waals surface area contributed by atoms with Crippen LogP contribution in [0.15, 0.2) is 17.4 Å². The minimum Gasteiger partial charge on any atom is -0.481 e. The SMILES string of the molecule is CSc1nccnc1CN1CC(C(=O)O)C1. The molecule has 1 saturated heterocycles. The fraction of sp³-hybridized carbons (Fsp3) is 0.500. The molecule has 0 bridgehead atoms. The molecule has 1 aromatic heterocycles. The van der Waals surface area contributed by atoms with Crippen molar-refractivity contribution in [2.24, 2.45) is 5.92 Å². The molecule has 0 atom stereocenters. The Morgan fingerprint density at radius 2 is 2.25 bits per heavy atom. The van der Waals surface area contributed by atoms with E-state index < -0.39 is 5.97 Å². The topological polar surface area (TPSA) is 66.3 Å². The van der Waals surface area contributed by atoms with E-state index in [0.29, 0.717) is 19.6 Å². The molecule has 1 aromatic rings. The van der Waals surface area contributed by atoms with Gasteiger partial charge in [0.2, 0.25) is 0 Å². The lowest BCUT2D eigenvalue weighted by molar-refractivity contribution is -0.147. The van der Waals surface area contributed by atoms with Gasteiger partial charge in [-0.15, -0.1) is 11.8 Å². The van der Waals surface area contributed by atoms with Crippen molar-refractivity contribution in [2.75, 3.05) is 19.3 Å². The molecule has 0 radical (unpaired) electrons. The van der Waals surface area contributed by atoms with Crippen LogP contribution in [0, 0.1) is 5.92 Å². The van der Waals surface area contributed by atoms with E-state index in [1.165, 1.54) is 0 Å². The summed E-state index contributed by atoms with van der Waals surface area (Å²) in [5.74, 6) is -0.921. The Hall–Kier alpha value is -1.14. The summed E-state index contributed by atoms with van der Waals surface area (Å²) in [6.45, 7) is 1.91. The van der Waals surface area contributed by atoms with Crippen LogP contribution in [0.3, 0.4) is 0 Å². The molecular weight excluding hydrogens is 226 g/mol. The van der Waals surface area contributed by atoms with Crippen molar-refractivity contribution in [2.45, 2.75) is 11.6 Å². The van der Waals surface area contributed by atoms with Crippen molar-refractivity contribution >= 4 is 17.7 Å². The van der Waals surface area contributed by atoms with Crippen molar-refractivity contribution in [1.82, 2.24) is 14.9 Å². The van der Waals surface area contributed by atoms with Gasteiger partial charge < -0.3 is 5.11 Å². The van der Waals surface area contributed by atoms with Gasteiger partial charge in [-0.2, -0.15) is 0 Å². The number of likely N-dealkylation sites (tertiary alicyclic amines) is 1. The van der Waals surface area contributed by atoms with Gasteiger partial charge in [-0.05, 0) is 6.26 Å². The number of rotatable bonds is 4. The zero-order chi connectivity index (χ0) is 11.5. The molecule has 5 nitrogen and oxygen atoms in total. The van der Waals surface area contributed by atoms with E-state index in [1.54, 1.807) is 24.2 Å². The fourth-order valence-corrected chi connectivity index (χ4v) is 2.22. The van der Waals surface area contributed by atoms with Crippen molar-refractivity contribution in [3.05, 3.63) is 18.1 Å². The Balaban J connectivity index is 1.93. The molecule has 0 aliphatic carbocycles. The van der Waals surface area contributed by atoms with Crippen LogP contribution in [0.1, 0.15) is 5.69 Å². The van der Waals surface area contributed by atoms with Gasteiger partial charge in [0.15, 0.2) is 0 Å². The maximum atomic E-state index is 10.6. The van der Waals surface area contributed by atoms with Crippen LogP contribution < -0.4 is 0 Å². The van der Waals surface area contributed by atoms with Crippen LogP contribution in [0.2, 0.25) is 0 Å². The summed E-state index contributed by atoms with van der Waals surface area (Å²) in [5.41, 5.74) is 0.929. The first kappa shape index (κ1) is 11.3. The smallest absolute Gasteiger partial charge is 0.309 e. The van der Waals surface area contributed by atoms with E-state index in [1.807, 2.05) is 6.26 Å². The van der Waals surface area contributed by atoms with Crippen LogP contribution >= 0.6 is 11.8 Å². The van der Waals surface area contributed by atoms with Gasteiger partial charge in [0.25, 0.3) is 0 Å². The van der Waals surface area contributed by atoms with Crippen LogP contribution in [0.4, 0.5) is 0 Å². The number of carbonyl (C=O) groups is 1. The molecule has 0 aromatic carbocycles. The van der Waals surface area contributed by atoms with E-state index in [4.69, 9.17) is 5.11 Å². The molecule has 6 heteroatoms. The third-order valence-corrected chi connectivity index (χ3v) is 3.34. The molecule has 16 heavy (non-hydrogen) atoms. The maximum Gasteiger partial charge on any atom is 0.309 e. The Kier molecular flexibility index (Phi) is 3.40. The maximum absolute atomic E-state index is 10.6. The molecule has 0 saturated carbocycles. The van der Waals surface area contributed by atoms with Crippen molar-refractivity contribution in [1.29, 1.82) is 0 Å². The van der Waals surface area contributed by atoms with Crippen molar-refractivity contribution in [3.63, 3.8) is 0 Å². The largest absolute Gasteiger partial charge is 0.481 e. The Morgan fingerprint density at radius 3 is 2.88 bits per heavy atom. The third-order valence-electron chi connectivity index (χ3n) is 2.61. The number of carboxylic acids is 1. The van der Waals surface area contributed by atoms with Gasteiger partial charge in [0.05, 0.1) is 11.6 Å². The number of carboxylic acid groups (broad SMARTS) is 1. The number of thioether (sulfide) groups is 1. The highest BCUT2D eigenvalue weighted by atomic mass is 32.2. The molecule has 1 aliphatic heterocycles. The van der Waals surface area contributed by atoms with Crippen LogP contribution in [-0.4, -0.2) is 45.3 Å². The van der Waals surface area contributed by atoms with Gasteiger partial charge in [-0.3, -0.25) is 14.7 Å². The molecule has 1 N–H and O–H groups in total. The average Bonchev–Trinajstić information content (AvgIpc) is 2.22. The van der Waals surface area contributed by atoms with Crippen LogP contribution in [0.25, 0.3) is 0 Å². The zero-order valence-corrected chi connectivity index (χ0v) is 9.78. The summed E-state index contributed by atoms with van der Waals surface area (Å²) in [5, 5.41) is 9.68. The van der Waals surface area contributed by atoms with Gasteiger partial charge in [-0.25, -0.2) is 4.98 Å². The lowest BCUT2D eigenvalue weighted by atomic mass is 10.0. The number of hydrogen-bond donors (Lipinski definition) is 1. The second-order valence-electron chi connectivity index (χ2n) is 3.74. The first-order valence-electron chi connectivity index (χ1n) is 4.99. The number of aliphatic carboxylic acids is 1. The van der Waals surface area contributed by atoms with E-state index in [-0.39, 0.29) is 5.92 Å². The second kappa shape index (κ2) is 4.80. The van der Waals surface area contributed by atoms with E-state index in [9.17, 15) is 4.79 Å². The van der Waals surface area contributed by atoms with Gasteiger partial charge >= 0.3 is 5.97 Å². The van der Waals surface area contributed by atoms with E-state index >= 15 is 0 Å². The first-order valence-corrected chi connectivity index (χ1v) is 6.22. The van der Waals surface area contributed by atoms with Gasteiger partial charge in [0, 0.05) is 32.0 Å². The number of nitrogens with zero attached hydrogens (tertiary/aromatic N) is 3. The summed E-state index contributed by atoms with van der Waals surface area (Å²) in [6.07, 6.45) is 5.30. The molecule has 0 amide bonds. The predicted octanol–water partition coefficient (Wildman–Crippen LogP) is 0.715. The zero-order valence-electron chi connectivity index (χ0n) is 8.96. The molecule has 0 spiro atoms. The highest BCUT2D eigenvalue weighted by Crippen LogP contribution is 2.21. The van der Waals surface area contributed by atoms with Gasteiger partial charge in [-0.1, -0.05) is 0 Å². The van der Waals surface area contributed by atoms with Crippen molar-refractivity contribution in [3.8, 4) is 0 Å². The Bertz CT molecular complexity index is 393. The predicted molar refractivity (Wildman–Crippen MR) is 60.2 cm³/mol. The summed E-state index contributed by atoms with van der Waals surface area (Å²) < 4.78 is 0. The van der Waals surface area contributed by atoms with Crippen LogP contribution in [0.5, 0.6) is 0 Å². The molecule has 1 fully saturated rings. The lowest BCUT2D eigenvalue weighted by Gasteiger charge is -2.36. The monoisotopic (exact) mass is 239 g/mol. The Morgan fingerprint density at radius 1 is 1.56 bits per heavy atom. The van der Waals surface area contributed by atoms with Crippen LogP contribution in [-0.2, 0) is 11.3 Å². The highest BCUT2D eigenvalue weighted by Gasteiger charge is 2.32. The minimum atomic E-state index is -0.708. The summed E-state index contributed by atoms with van der Waals surface area (Å²) in [6, 6.07) is 0. The number of hydrogen-bond acceptors (Lipinski definition) is 5. The van der Waals surface area contributed by atoms with E-state index in [0.717, 1.165) is 10.7 Å². The second-order valence-corrected chi connectivity index (χ2v) is 4.54.